The van der Waals surface area contributed by atoms with Crippen LogP contribution in [-0.4, -0.2) is 65.0 Å². The van der Waals surface area contributed by atoms with Crippen LogP contribution in [0.2, 0.25) is 0 Å². The van der Waals surface area contributed by atoms with E-state index in [0.717, 1.165) is 44.4 Å². The zero-order valence-corrected chi connectivity index (χ0v) is 19.9. The fraction of sp³-hybridized carbons (Fsp3) is 0.320. The number of aromatic amines is 1. The number of aromatic nitrogens is 2. The number of carbonyl (C=O) groups is 2. The highest BCUT2D eigenvalue weighted by Crippen LogP contribution is 2.33. The minimum absolute atomic E-state index is 0.0265. The third-order valence-corrected chi connectivity index (χ3v) is 6.11. The summed E-state index contributed by atoms with van der Waals surface area (Å²) >= 11 is 0. The number of nitrogens with zero attached hydrogens (tertiary/aromatic N) is 3. The van der Waals surface area contributed by atoms with Crippen molar-refractivity contribution in [2.75, 3.05) is 43.9 Å². The van der Waals surface area contributed by atoms with Gasteiger partial charge in [-0.05, 0) is 49.4 Å². The molecule has 1 aliphatic rings. The number of amides is 2. The molecule has 0 bridgehead atoms. The summed E-state index contributed by atoms with van der Waals surface area (Å²) in [7, 11) is 2.09. The Morgan fingerprint density at radius 1 is 1.03 bits per heavy atom. The molecule has 1 saturated heterocycles. The van der Waals surface area contributed by atoms with E-state index in [1.165, 1.54) is 25.3 Å². The number of carbonyl (C=O) groups excluding carboxylic acids is 2. The molecule has 3 aromatic rings. The van der Waals surface area contributed by atoms with Crippen molar-refractivity contribution in [2.24, 2.45) is 0 Å². The van der Waals surface area contributed by atoms with E-state index in [2.05, 4.69) is 37.7 Å². The van der Waals surface area contributed by atoms with Crippen molar-refractivity contribution in [3.8, 4) is 0 Å². The molecule has 2 amide bonds. The van der Waals surface area contributed by atoms with E-state index in [1.807, 2.05) is 6.07 Å². The van der Waals surface area contributed by atoms with Gasteiger partial charge in [0.15, 0.2) is 0 Å². The molecule has 4 rings (SSSR count). The maximum absolute atomic E-state index is 13.2. The number of likely N-dealkylation sites (N-methyl/N-ethyl adjacent to an activating group) is 1. The predicted molar refractivity (Wildman–Crippen MR) is 130 cm³/mol. The van der Waals surface area contributed by atoms with Crippen LogP contribution in [0, 0.1) is 6.92 Å². The molecular formula is C25H27F3N6O2. The molecule has 11 heteroatoms. The zero-order chi connectivity index (χ0) is 25.9. The molecule has 2 heterocycles. The van der Waals surface area contributed by atoms with Crippen molar-refractivity contribution in [3.63, 3.8) is 0 Å². The summed E-state index contributed by atoms with van der Waals surface area (Å²) in [6.45, 7) is 5.96. The van der Waals surface area contributed by atoms with Crippen molar-refractivity contribution in [3.05, 3.63) is 76.6 Å². The van der Waals surface area contributed by atoms with Gasteiger partial charge in [0.1, 0.15) is 5.69 Å². The standard InChI is InChI=1S/C25H27F3N6O2/c1-16-6-7-19(13-20(16)25(26,27)28)30-24(36)22-21(14-29-32-22)31-23(35)18-5-3-4-17(12-18)15-34-10-8-33(2)9-11-34/h3-7,12-14H,8-11,15H2,1-2H3,(H,29,32)(H,30,36)(H,31,35). The van der Waals surface area contributed by atoms with Crippen LogP contribution in [0.25, 0.3) is 0 Å². The monoisotopic (exact) mass is 500 g/mol. The lowest BCUT2D eigenvalue weighted by Gasteiger charge is -2.32. The van der Waals surface area contributed by atoms with E-state index in [9.17, 15) is 22.8 Å². The predicted octanol–water partition coefficient (Wildman–Crippen LogP) is 3.99. The van der Waals surface area contributed by atoms with E-state index in [-0.39, 0.29) is 22.6 Å². The van der Waals surface area contributed by atoms with Crippen molar-refractivity contribution in [1.82, 2.24) is 20.0 Å². The number of piperazine rings is 1. The quantitative estimate of drug-likeness (QED) is 0.476. The molecule has 2 aromatic carbocycles. The summed E-state index contributed by atoms with van der Waals surface area (Å²) in [5.41, 5.74) is 0.636. The number of hydrogen-bond acceptors (Lipinski definition) is 5. The second-order valence-corrected chi connectivity index (χ2v) is 8.87. The van der Waals surface area contributed by atoms with Crippen LogP contribution in [0.15, 0.2) is 48.7 Å². The van der Waals surface area contributed by atoms with Gasteiger partial charge in [-0.3, -0.25) is 19.6 Å². The minimum Gasteiger partial charge on any atom is -0.321 e. The average Bonchev–Trinajstić information content (AvgIpc) is 3.29. The lowest BCUT2D eigenvalue weighted by atomic mass is 10.1. The molecule has 3 N–H and O–H groups in total. The number of benzene rings is 2. The van der Waals surface area contributed by atoms with E-state index in [4.69, 9.17) is 0 Å². The number of aryl methyl sites for hydroxylation is 1. The molecule has 1 aromatic heterocycles. The molecule has 190 valence electrons. The topological polar surface area (TPSA) is 93.4 Å². The Labute approximate surface area is 206 Å². The third kappa shape index (κ3) is 6.10. The Morgan fingerprint density at radius 2 is 1.78 bits per heavy atom. The average molecular weight is 501 g/mol. The Morgan fingerprint density at radius 3 is 2.50 bits per heavy atom. The van der Waals surface area contributed by atoms with E-state index >= 15 is 0 Å². The summed E-state index contributed by atoms with van der Waals surface area (Å²) in [6, 6.07) is 10.8. The first-order valence-electron chi connectivity index (χ1n) is 11.4. The van der Waals surface area contributed by atoms with Crippen molar-refractivity contribution < 1.29 is 22.8 Å². The summed E-state index contributed by atoms with van der Waals surface area (Å²) in [5, 5.41) is 11.4. The van der Waals surface area contributed by atoms with Crippen LogP contribution in [0.4, 0.5) is 24.5 Å². The lowest BCUT2D eigenvalue weighted by molar-refractivity contribution is -0.138. The highest BCUT2D eigenvalue weighted by molar-refractivity contribution is 6.11. The van der Waals surface area contributed by atoms with Crippen LogP contribution < -0.4 is 10.6 Å². The van der Waals surface area contributed by atoms with Gasteiger partial charge >= 0.3 is 6.18 Å². The Kier molecular flexibility index (Phi) is 7.41. The van der Waals surface area contributed by atoms with Gasteiger partial charge in [-0.1, -0.05) is 18.2 Å². The van der Waals surface area contributed by atoms with Crippen LogP contribution in [0.3, 0.4) is 0 Å². The smallest absolute Gasteiger partial charge is 0.321 e. The number of anilines is 2. The summed E-state index contributed by atoms with van der Waals surface area (Å²) in [5.74, 6) is -1.16. The SMILES string of the molecule is Cc1ccc(NC(=O)c2[nH]ncc2NC(=O)c2cccc(CN3CCN(C)CC3)c2)cc1C(F)(F)F. The molecule has 1 fully saturated rings. The van der Waals surface area contributed by atoms with Gasteiger partial charge in [-0.25, -0.2) is 0 Å². The van der Waals surface area contributed by atoms with Gasteiger partial charge in [0.2, 0.25) is 0 Å². The van der Waals surface area contributed by atoms with Gasteiger partial charge in [-0.2, -0.15) is 18.3 Å². The van der Waals surface area contributed by atoms with Gasteiger partial charge in [0, 0.05) is 44.0 Å². The Balaban J connectivity index is 1.43. The largest absolute Gasteiger partial charge is 0.416 e. The molecular weight excluding hydrogens is 473 g/mol. The van der Waals surface area contributed by atoms with Crippen LogP contribution in [-0.2, 0) is 12.7 Å². The molecule has 8 nitrogen and oxygen atoms in total. The molecule has 0 radical (unpaired) electrons. The fourth-order valence-electron chi connectivity index (χ4n) is 4.02. The summed E-state index contributed by atoms with van der Waals surface area (Å²) in [6.07, 6.45) is -3.27. The van der Waals surface area contributed by atoms with E-state index in [0.29, 0.717) is 5.56 Å². The van der Waals surface area contributed by atoms with E-state index < -0.39 is 23.6 Å². The first-order valence-corrected chi connectivity index (χ1v) is 11.4. The van der Waals surface area contributed by atoms with Gasteiger partial charge < -0.3 is 15.5 Å². The Bertz CT molecular complexity index is 1250. The van der Waals surface area contributed by atoms with Crippen LogP contribution in [0.1, 0.15) is 37.5 Å². The second kappa shape index (κ2) is 10.5. The molecule has 36 heavy (non-hydrogen) atoms. The number of hydrogen-bond donors (Lipinski definition) is 3. The summed E-state index contributed by atoms with van der Waals surface area (Å²) in [4.78, 5) is 30.2. The van der Waals surface area contributed by atoms with Gasteiger partial charge in [0.25, 0.3) is 11.8 Å². The zero-order valence-electron chi connectivity index (χ0n) is 19.9. The second-order valence-electron chi connectivity index (χ2n) is 8.87. The van der Waals surface area contributed by atoms with Crippen molar-refractivity contribution >= 4 is 23.2 Å². The normalized spacial score (nSPS) is 15.0. The highest BCUT2D eigenvalue weighted by atomic mass is 19.4. The first kappa shape index (κ1) is 25.4. The molecule has 1 aliphatic heterocycles. The van der Waals surface area contributed by atoms with Crippen molar-refractivity contribution in [2.45, 2.75) is 19.6 Å². The molecule has 0 saturated carbocycles. The van der Waals surface area contributed by atoms with Gasteiger partial charge in [0.05, 0.1) is 17.4 Å². The number of H-pyrrole nitrogens is 1. The molecule has 0 aliphatic carbocycles. The van der Waals surface area contributed by atoms with Crippen molar-refractivity contribution in [1.29, 1.82) is 0 Å². The maximum Gasteiger partial charge on any atom is 0.416 e. The van der Waals surface area contributed by atoms with Gasteiger partial charge in [-0.15, -0.1) is 0 Å². The molecule has 0 spiro atoms. The number of alkyl halides is 3. The number of rotatable bonds is 6. The first-order chi connectivity index (χ1) is 17.1. The fourth-order valence-corrected chi connectivity index (χ4v) is 4.02. The number of halogens is 3. The molecule has 0 atom stereocenters. The number of nitrogens with one attached hydrogen (secondary N) is 3. The van der Waals surface area contributed by atoms with E-state index in [1.54, 1.807) is 18.2 Å². The molecule has 0 unspecified atom stereocenters. The minimum atomic E-state index is -4.54. The maximum atomic E-state index is 13.2. The lowest BCUT2D eigenvalue weighted by Crippen LogP contribution is -2.43. The Hall–Kier alpha value is -3.70. The highest BCUT2D eigenvalue weighted by Gasteiger charge is 2.32. The summed E-state index contributed by atoms with van der Waals surface area (Å²) < 4.78 is 39.6. The van der Waals surface area contributed by atoms with Crippen LogP contribution >= 0.6 is 0 Å². The third-order valence-electron chi connectivity index (χ3n) is 6.11. The van der Waals surface area contributed by atoms with Crippen LogP contribution in [0.5, 0.6) is 0 Å².